The summed E-state index contributed by atoms with van der Waals surface area (Å²) in [7, 11) is 0. The van der Waals surface area contributed by atoms with Crippen LogP contribution in [0.5, 0.6) is 0 Å². The molecule has 96 valence electrons. The van der Waals surface area contributed by atoms with Crippen LogP contribution >= 0.6 is 0 Å². The van der Waals surface area contributed by atoms with Gasteiger partial charge < -0.3 is 10.4 Å². The highest BCUT2D eigenvalue weighted by Gasteiger charge is 2.48. The third-order valence-corrected chi connectivity index (χ3v) is 3.40. The zero-order chi connectivity index (χ0) is 13.1. The fourth-order valence-electron chi connectivity index (χ4n) is 2.04. The van der Waals surface area contributed by atoms with E-state index >= 15 is 0 Å². The van der Waals surface area contributed by atoms with Crippen molar-refractivity contribution in [1.82, 2.24) is 5.32 Å². The molecule has 1 fully saturated rings. The summed E-state index contributed by atoms with van der Waals surface area (Å²) in [4.78, 5) is 22.3. The fourth-order valence-corrected chi connectivity index (χ4v) is 2.04. The largest absolute Gasteiger partial charge is 0.481 e. The minimum absolute atomic E-state index is 0.134. The molecule has 3 atom stereocenters. The van der Waals surface area contributed by atoms with E-state index in [0.29, 0.717) is 13.0 Å². The molecule has 4 heteroatoms. The Bertz CT molecular complexity index is 444. The van der Waals surface area contributed by atoms with Gasteiger partial charge in [0, 0.05) is 6.54 Å². The zero-order valence-electron chi connectivity index (χ0n) is 10.3. The van der Waals surface area contributed by atoms with Gasteiger partial charge in [-0.1, -0.05) is 37.3 Å². The molecule has 1 aliphatic rings. The van der Waals surface area contributed by atoms with Gasteiger partial charge in [0.25, 0.3) is 0 Å². The van der Waals surface area contributed by atoms with Crippen molar-refractivity contribution in [3.8, 4) is 0 Å². The number of rotatable bonds is 5. The predicted molar refractivity (Wildman–Crippen MR) is 67.1 cm³/mol. The molecule has 3 unspecified atom stereocenters. The monoisotopic (exact) mass is 247 g/mol. The van der Waals surface area contributed by atoms with Crippen LogP contribution in [0.3, 0.4) is 0 Å². The highest BCUT2D eigenvalue weighted by Crippen LogP contribution is 2.38. The van der Waals surface area contributed by atoms with Gasteiger partial charge in [-0.15, -0.1) is 0 Å². The first kappa shape index (κ1) is 12.6. The Balaban J connectivity index is 1.79. The Labute approximate surface area is 106 Å². The molecule has 0 radical (unpaired) electrons. The van der Waals surface area contributed by atoms with Crippen molar-refractivity contribution in [3.63, 3.8) is 0 Å². The molecule has 1 aromatic carbocycles. The Kier molecular flexibility index (Phi) is 3.65. The van der Waals surface area contributed by atoms with Gasteiger partial charge in [0.05, 0.1) is 11.8 Å². The van der Waals surface area contributed by atoms with Crippen LogP contribution in [-0.4, -0.2) is 23.5 Å². The smallest absolute Gasteiger partial charge is 0.307 e. The van der Waals surface area contributed by atoms with Gasteiger partial charge in [-0.3, -0.25) is 9.59 Å². The Morgan fingerprint density at radius 3 is 2.56 bits per heavy atom. The first-order valence-electron chi connectivity index (χ1n) is 6.15. The number of benzene rings is 1. The predicted octanol–water partition coefficient (Wildman–Crippen LogP) is 1.63. The molecule has 2 N–H and O–H groups in total. The van der Waals surface area contributed by atoms with E-state index in [2.05, 4.69) is 5.32 Å². The lowest BCUT2D eigenvalue weighted by molar-refractivity contribution is -0.140. The Morgan fingerprint density at radius 2 is 2.00 bits per heavy atom. The molecular formula is C14H17NO3. The number of amides is 1. The first-order chi connectivity index (χ1) is 8.59. The van der Waals surface area contributed by atoms with Crippen molar-refractivity contribution in [1.29, 1.82) is 0 Å². The third kappa shape index (κ3) is 2.88. The van der Waals surface area contributed by atoms with Crippen molar-refractivity contribution >= 4 is 11.9 Å². The van der Waals surface area contributed by atoms with Crippen molar-refractivity contribution in [2.24, 2.45) is 11.8 Å². The van der Waals surface area contributed by atoms with Gasteiger partial charge in [-0.25, -0.2) is 0 Å². The van der Waals surface area contributed by atoms with E-state index in [1.807, 2.05) is 37.3 Å². The lowest BCUT2D eigenvalue weighted by Gasteiger charge is -2.12. The highest BCUT2D eigenvalue weighted by atomic mass is 16.4. The molecule has 4 nitrogen and oxygen atoms in total. The Morgan fingerprint density at radius 1 is 1.33 bits per heavy atom. The summed E-state index contributed by atoms with van der Waals surface area (Å²) in [5.74, 6) is -1.57. The molecule has 0 spiro atoms. The number of hydrogen-bond acceptors (Lipinski definition) is 2. The minimum Gasteiger partial charge on any atom is -0.481 e. The van der Waals surface area contributed by atoms with Crippen LogP contribution in [0.4, 0.5) is 0 Å². The molecule has 0 bridgehead atoms. The number of aliphatic carboxylic acids is 1. The van der Waals surface area contributed by atoms with E-state index in [0.717, 1.165) is 0 Å². The van der Waals surface area contributed by atoms with Crippen molar-refractivity contribution in [3.05, 3.63) is 35.9 Å². The summed E-state index contributed by atoms with van der Waals surface area (Å²) in [5.41, 5.74) is 1.17. The topological polar surface area (TPSA) is 66.4 Å². The number of hydrogen-bond donors (Lipinski definition) is 2. The molecule has 0 aliphatic heterocycles. The van der Waals surface area contributed by atoms with Crippen LogP contribution in [0.2, 0.25) is 0 Å². The quantitative estimate of drug-likeness (QED) is 0.831. The van der Waals surface area contributed by atoms with E-state index in [9.17, 15) is 9.59 Å². The number of carboxylic acids is 1. The molecule has 2 rings (SSSR count). The van der Waals surface area contributed by atoms with E-state index < -0.39 is 11.9 Å². The summed E-state index contributed by atoms with van der Waals surface area (Å²) in [6.07, 6.45) is 0.473. The van der Waals surface area contributed by atoms with Gasteiger partial charge in [0.15, 0.2) is 0 Å². The molecular weight excluding hydrogens is 230 g/mol. The van der Waals surface area contributed by atoms with E-state index in [4.69, 9.17) is 5.11 Å². The van der Waals surface area contributed by atoms with Gasteiger partial charge in [-0.2, -0.15) is 0 Å². The number of carbonyl (C=O) groups excluding carboxylic acids is 1. The summed E-state index contributed by atoms with van der Waals surface area (Å²) in [6.45, 7) is 2.59. The van der Waals surface area contributed by atoms with Gasteiger partial charge >= 0.3 is 5.97 Å². The van der Waals surface area contributed by atoms with Crippen LogP contribution in [0.1, 0.15) is 24.8 Å². The summed E-state index contributed by atoms with van der Waals surface area (Å²) in [5, 5.41) is 11.6. The van der Waals surface area contributed by atoms with E-state index in [-0.39, 0.29) is 17.7 Å². The van der Waals surface area contributed by atoms with Crippen LogP contribution in [0.25, 0.3) is 0 Å². The molecule has 1 saturated carbocycles. The molecule has 1 amide bonds. The van der Waals surface area contributed by atoms with Gasteiger partial charge in [0.2, 0.25) is 5.91 Å². The van der Waals surface area contributed by atoms with E-state index in [1.54, 1.807) is 0 Å². The maximum Gasteiger partial charge on any atom is 0.307 e. The number of carboxylic acid groups (broad SMARTS) is 1. The lowest BCUT2D eigenvalue weighted by atomic mass is 10.0. The summed E-state index contributed by atoms with van der Waals surface area (Å²) >= 11 is 0. The van der Waals surface area contributed by atoms with E-state index in [1.165, 1.54) is 5.56 Å². The minimum atomic E-state index is -0.869. The van der Waals surface area contributed by atoms with Crippen LogP contribution in [0, 0.1) is 11.8 Å². The normalized spacial score (nSPS) is 23.2. The molecule has 18 heavy (non-hydrogen) atoms. The lowest BCUT2D eigenvalue weighted by Crippen LogP contribution is -2.29. The first-order valence-corrected chi connectivity index (χ1v) is 6.15. The standard InChI is InChI=1S/C14H17NO3/c1-9(10-5-3-2-4-6-10)8-15-13(16)11-7-12(11)14(17)18/h2-6,9,11-12H,7-8H2,1H3,(H,15,16)(H,17,18). The van der Waals surface area contributed by atoms with Crippen LogP contribution in [0.15, 0.2) is 30.3 Å². The second-order valence-electron chi connectivity index (χ2n) is 4.84. The second-order valence-corrected chi connectivity index (χ2v) is 4.84. The Hall–Kier alpha value is -1.84. The average Bonchev–Trinajstić information content (AvgIpc) is 3.17. The van der Waals surface area contributed by atoms with Crippen LogP contribution in [-0.2, 0) is 9.59 Å². The highest BCUT2D eigenvalue weighted by molar-refractivity contribution is 5.89. The average molecular weight is 247 g/mol. The van der Waals surface area contributed by atoms with Crippen LogP contribution < -0.4 is 5.32 Å². The molecule has 0 heterocycles. The van der Waals surface area contributed by atoms with Crippen molar-refractivity contribution in [2.75, 3.05) is 6.54 Å². The third-order valence-electron chi connectivity index (χ3n) is 3.40. The maximum absolute atomic E-state index is 11.7. The second kappa shape index (κ2) is 5.21. The maximum atomic E-state index is 11.7. The van der Waals surface area contributed by atoms with Crippen molar-refractivity contribution < 1.29 is 14.7 Å². The SMILES string of the molecule is CC(CNC(=O)C1CC1C(=O)O)c1ccccc1. The number of nitrogens with one attached hydrogen (secondary N) is 1. The zero-order valence-corrected chi connectivity index (χ0v) is 10.3. The molecule has 1 aliphatic carbocycles. The van der Waals surface area contributed by atoms with Gasteiger partial charge in [0.1, 0.15) is 0 Å². The van der Waals surface area contributed by atoms with Gasteiger partial charge in [-0.05, 0) is 17.9 Å². The summed E-state index contributed by atoms with van der Waals surface area (Å²) < 4.78 is 0. The fraction of sp³-hybridized carbons (Fsp3) is 0.429. The summed E-state index contributed by atoms with van der Waals surface area (Å²) in [6, 6.07) is 9.93. The molecule has 0 saturated heterocycles. The van der Waals surface area contributed by atoms with Crippen molar-refractivity contribution in [2.45, 2.75) is 19.3 Å². The molecule has 0 aromatic heterocycles. The molecule has 1 aromatic rings. The number of carbonyl (C=O) groups is 2.